The van der Waals surface area contributed by atoms with Crippen molar-refractivity contribution in [2.24, 2.45) is 0 Å². The molecule has 0 saturated heterocycles. The molecule has 0 radical (unpaired) electrons. The summed E-state index contributed by atoms with van der Waals surface area (Å²) in [5.41, 5.74) is -0.688. The number of methoxy groups -OCH3 is 1. The Bertz CT molecular complexity index is 665. The largest absolute Gasteiger partial charge is 0.479 e. The van der Waals surface area contributed by atoms with Crippen LogP contribution in [-0.4, -0.2) is 34.5 Å². The first-order valence-electron chi connectivity index (χ1n) is 6.21. The van der Waals surface area contributed by atoms with Gasteiger partial charge in [0.05, 0.1) is 25.6 Å². The van der Waals surface area contributed by atoms with E-state index in [-0.39, 0.29) is 23.7 Å². The molecule has 0 aliphatic heterocycles. The van der Waals surface area contributed by atoms with Gasteiger partial charge in [0, 0.05) is 6.20 Å². The number of rotatable bonds is 4. The van der Waals surface area contributed by atoms with E-state index in [0.29, 0.717) is 0 Å². The Labute approximate surface area is 123 Å². The molecule has 2 aromatic heterocycles. The van der Waals surface area contributed by atoms with Crippen LogP contribution in [0.4, 0.5) is 13.2 Å². The number of carbonyl (C=O) groups excluding carboxylic acids is 1. The molecule has 0 N–H and O–H groups in total. The Morgan fingerprint density at radius 3 is 2.59 bits per heavy atom. The molecule has 0 atom stereocenters. The second kappa shape index (κ2) is 6.04. The number of hydrogen-bond acceptors (Lipinski definition) is 5. The number of hydrogen-bond donors (Lipinski definition) is 0. The van der Waals surface area contributed by atoms with Crippen molar-refractivity contribution in [3.05, 3.63) is 35.8 Å². The van der Waals surface area contributed by atoms with Gasteiger partial charge < -0.3 is 9.47 Å². The van der Waals surface area contributed by atoms with Crippen LogP contribution in [-0.2, 0) is 10.9 Å². The second-order valence-corrected chi connectivity index (χ2v) is 4.12. The lowest BCUT2D eigenvalue weighted by Gasteiger charge is -2.06. The number of carbonyl (C=O) groups is 1. The van der Waals surface area contributed by atoms with Crippen molar-refractivity contribution in [2.45, 2.75) is 13.1 Å². The maximum Gasteiger partial charge on any atom is 0.433 e. The molecule has 0 bridgehead atoms. The molecule has 0 aliphatic rings. The lowest BCUT2D eigenvalue weighted by atomic mass is 10.3. The van der Waals surface area contributed by atoms with Gasteiger partial charge in [-0.05, 0) is 19.1 Å². The van der Waals surface area contributed by atoms with Gasteiger partial charge in [-0.1, -0.05) is 0 Å². The molecular formula is C13H12F3N3O3. The van der Waals surface area contributed by atoms with Crippen molar-refractivity contribution in [3.8, 4) is 11.6 Å². The monoisotopic (exact) mass is 315 g/mol. The third-order valence-corrected chi connectivity index (χ3v) is 2.67. The summed E-state index contributed by atoms with van der Waals surface area (Å²) >= 11 is 0. The fourth-order valence-electron chi connectivity index (χ4n) is 1.68. The smallest absolute Gasteiger partial charge is 0.433 e. The Morgan fingerprint density at radius 1 is 1.36 bits per heavy atom. The molecule has 0 aromatic carbocycles. The van der Waals surface area contributed by atoms with Gasteiger partial charge in [-0.15, -0.1) is 5.10 Å². The highest BCUT2D eigenvalue weighted by atomic mass is 19.4. The van der Waals surface area contributed by atoms with Crippen molar-refractivity contribution in [3.63, 3.8) is 0 Å². The molecule has 9 heteroatoms. The van der Waals surface area contributed by atoms with Crippen LogP contribution in [0.2, 0.25) is 0 Å². The molecule has 2 rings (SSSR count). The second-order valence-electron chi connectivity index (χ2n) is 4.12. The highest BCUT2D eigenvalue weighted by Crippen LogP contribution is 2.28. The molecule has 0 fully saturated rings. The zero-order valence-electron chi connectivity index (χ0n) is 11.7. The van der Waals surface area contributed by atoms with Crippen LogP contribution in [0.25, 0.3) is 5.69 Å². The molecule has 22 heavy (non-hydrogen) atoms. The van der Waals surface area contributed by atoms with Gasteiger partial charge in [-0.25, -0.2) is 14.5 Å². The van der Waals surface area contributed by atoms with Crippen LogP contribution in [0.5, 0.6) is 5.88 Å². The molecular weight excluding hydrogens is 303 g/mol. The van der Waals surface area contributed by atoms with Crippen molar-refractivity contribution in [2.75, 3.05) is 13.7 Å². The number of pyridine rings is 1. The Kier molecular flexibility index (Phi) is 4.34. The zero-order chi connectivity index (χ0) is 16.3. The average Bonchev–Trinajstić information content (AvgIpc) is 2.91. The van der Waals surface area contributed by atoms with E-state index in [9.17, 15) is 18.0 Å². The van der Waals surface area contributed by atoms with Gasteiger partial charge >= 0.3 is 12.1 Å². The van der Waals surface area contributed by atoms with E-state index in [4.69, 9.17) is 9.47 Å². The van der Waals surface area contributed by atoms with Crippen molar-refractivity contribution >= 4 is 5.97 Å². The summed E-state index contributed by atoms with van der Waals surface area (Å²) in [5.74, 6) is -0.621. The first-order valence-corrected chi connectivity index (χ1v) is 6.21. The number of alkyl halides is 3. The van der Waals surface area contributed by atoms with E-state index < -0.39 is 17.8 Å². The molecule has 0 aliphatic carbocycles. The molecule has 0 amide bonds. The van der Waals surface area contributed by atoms with E-state index in [2.05, 4.69) is 10.1 Å². The maximum atomic E-state index is 12.5. The quantitative estimate of drug-likeness (QED) is 0.811. The summed E-state index contributed by atoms with van der Waals surface area (Å²) in [6, 6.07) is 2.02. The van der Waals surface area contributed by atoms with E-state index in [0.717, 1.165) is 12.3 Å². The number of nitrogens with zero attached hydrogens (tertiary/aromatic N) is 3. The Balaban J connectivity index is 2.35. The summed E-state index contributed by atoms with van der Waals surface area (Å²) < 4.78 is 48.4. The minimum absolute atomic E-state index is 0.0124. The lowest BCUT2D eigenvalue weighted by molar-refractivity contribution is -0.141. The predicted molar refractivity (Wildman–Crippen MR) is 68.9 cm³/mol. The van der Waals surface area contributed by atoms with Crippen molar-refractivity contribution < 1.29 is 27.4 Å². The minimum Gasteiger partial charge on any atom is -0.479 e. The molecule has 2 heterocycles. The van der Waals surface area contributed by atoms with Gasteiger partial charge in [0.1, 0.15) is 11.3 Å². The summed E-state index contributed by atoms with van der Waals surface area (Å²) in [6.45, 7) is 1.82. The minimum atomic E-state index is -4.52. The van der Waals surface area contributed by atoms with Gasteiger partial charge in [0.25, 0.3) is 0 Å². The van der Waals surface area contributed by atoms with Crippen LogP contribution >= 0.6 is 0 Å². The van der Waals surface area contributed by atoms with Crippen LogP contribution < -0.4 is 4.74 Å². The molecule has 2 aromatic rings. The van der Waals surface area contributed by atoms with Crippen molar-refractivity contribution in [1.82, 2.24) is 14.8 Å². The van der Waals surface area contributed by atoms with Gasteiger partial charge in [-0.3, -0.25) is 0 Å². The third kappa shape index (κ3) is 3.18. The van der Waals surface area contributed by atoms with Crippen LogP contribution in [0.1, 0.15) is 23.0 Å². The normalized spacial score (nSPS) is 11.3. The highest BCUT2D eigenvalue weighted by molar-refractivity contribution is 5.91. The number of ether oxygens (including phenoxy) is 2. The maximum absolute atomic E-state index is 12.5. The van der Waals surface area contributed by atoms with Crippen LogP contribution in [0.15, 0.2) is 24.5 Å². The summed E-state index contributed by atoms with van der Waals surface area (Å²) in [7, 11) is 1.32. The molecule has 0 spiro atoms. The standard InChI is InChI=1S/C13H12F3N3O3/c1-3-22-12(20)9-7-19(18-11(9)21-2)8-4-5-10(17-6-8)13(14,15)16/h4-7H,3H2,1-2H3. The fourth-order valence-corrected chi connectivity index (χ4v) is 1.68. The lowest BCUT2D eigenvalue weighted by Crippen LogP contribution is -2.08. The van der Waals surface area contributed by atoms with Gasteiger partial charge in [0.2, 0.25) is 5.88 Å². The summed E-state index contributed by atoms with van der Waals surface area (Å²) in [5, 5.41) is 3.97. The van der Waals surface area contributed by atoms with Crippen molar-refractivity contribution in [1.29, 1.82) is 0 Å². The van der Waals surface area contributed by atoms with Crippen LogP contribution in [0.3, 0.4) is 0 Å². The van der Waals surface area contributed by atoms with E-state index in [1.165, 1.54) is 24.1 Å². The predicted octanol–water partition coefficient (Wildman–Crippen LogP) is 2.47. The number of esters is 1. The number of aromatic nitrogens is 3. The SMILES string of the molecule is CCOC(=O)c1cn(-c2ccc(C(F)(F)F)nc2)nc1OC. The molecule has 118 valence electrons. The summed E-state index contributed by atoms with van der Waals surface area (Å²) in [6.07, 6.45) is -2.21. The van der Waals surface area contributed by atoms with E-state index >= 15 is 0 Å². The van der Waals surface area contributed by atoms with Gasteiger partial charge in [-0.2, -0.15) is 13.2 Å². The molecule has 6 nitrogen and oxygen atoms in total. The van der Waals surface area contributed by atoms with E-state index in [1.54, 1.807) is 6.92 Å². The molecule has 0 saturated carbocycles. The molecule has 0 unspecified atom stereocenters. The third-order valence-electron chi connectivity index (χ3n) is 2.67. The Morgan fingerprint density at radius 2 is 2.09 bits per heavy atom. The first kappa shape index (κ1) is 15.8. The topological polar surface area (TPSA) is 66.2 Å². The summed E-state index contributed by atoms with van der Waals surface area (Å²) in [4.78, 5) is 15.1. The van der Waals surface area contributed by atoms with E-state index in [1.807, 2.05) is 0 Å². The van der Waals surface area contributed by atoms with Gasteiger partial charge in [0.15, 0.2) is 0 Å². The average molecular weight is 315 g/mol. The number of halogens is 3. The highest BCUT2D eigenvalue weighted by Gasteiger charge is 2.32. The Hall–Kier alpha value is -2.58. The first-order chi connectivity index (χ1) is 10.4. The van der Waals surface area contributed by atoms with Crippen LogP contribution in [0, 0.1) is 0 Å². The zero-order valence-corrected chi connectivity index (χ0v) is 11.7. The fraction of sp³-hybridized carbons (Fsp3) is 0.308.